The second kappa shape index (κ2) is 5.93. The van der Waals surface area contributed by atoms with Crippen LogP contribution >= 0.6 is 0 Å². The normalized spacial score (nSPS) is 9.85. The number of hydrogen-bond donors (Lipinski definition) is 0. The predicted molar refractivity (Wildman–Crippen MR) is 73.0 cm³/mol. The highest BCUT2D eigenvalue weighted by Gasteiger charge is 2.11. The Balaban J connectivity index is 2.14. The maximum absolute atomic E-state index is 12.0. The van der Waals surface area contributed by atoms with Crippen LogP contribution in [0, 0.1) is 6.92 Å². The van der Waals surface area contributed by atoms with Crippen LogP contribution in [-0.2, 0) is 4.79 Å². The van der Waals surface area contributed by atoms with E-state index >= 15 is 0 Å². The lowest BCUT2D eigenvalue weighted by atomic mass is 10.1. The van der Waals surface area contributed by atoms with Gasteiger partial charge in [0.05, 0.1) is 5.56 Å². The number of aryl methyl sites for hydroxylation is 1. The maximum Gasteiger partial charge on any atom is 0.343 e. The first-order valence-corrected chi connectivity index (χ1v) is 5.99. The number of benzene rings is 2. The van der Waals surface area contributed by atoms with Gasteiger partial charge >= 0.3 is 5.97 Å². The molecule has 0 aromatic heterocycles. The molecule has 0 spiro atoms. The monoisotopic (exact) mass is 268 g/mol. The average Bonchev–Trinajstić information content (AvgIpc) is 2.47. The summed E-state index contributed by atoms with van der Waals surface area (Å²) in [5, 5.41) is 0. The van der Waals surface area contributed by atoms with Gasteiger partial charge in [-0.15, -0.1) is 0 Å². The van der Waals surface area contributed by atoms with Crippen molar-refractivity contribution in [1.82, 2.24) is 0 Å². The lowest BCUT2D eigenvalue weighted by Gasteiger charge is -2.06. The van der Waals surface area contributed by atoms with E-state index in [2.05, 4.69) is 0 Å². The Bertz CT molecular complexity index is 656. The first kappa shape index (κ1) is 13.7. The van der Waals surface area contributed by atoms with Gasteiger partial charge in [-0.2, -0.15) is 0 Å². The third kappa shape index (κ3) is 2.98. The van der Waals surface area contributed by atoms with Crippen LogP contribution in [0.25, 0.3) is 0 Å². The van der Waals surface area contributed by atoms with Crippen LogP contribution < -0.4 is 4.74 Å². The summed E-state index contributed by atoms with van der Waals surface area (Å²) in [5.41, 5.74) is 1.57. The van der Waals surface area contributed by atoms with Crippen molar-refractivity contribution in [1.29, 1.82) is 0 Å². The van der Waals surface area contributed by atoms with Gasteiger partial charge in [0.1, 0.15) is 5.75 Å². The van der Waals surface area contributed by atoms with Gasteiger partial charge < -0.3 is 4.74 Å². The van der Waals surface area contributed by atoms with E-state index in [0.29, 0.717) is 11.3 Å². The minimum absolute atomic E-state index is 0.244. The van der Waals surface area contributed by atoms with E-state index in [0.717, 1.165) is 5.56 Å². The molecule has 20 heavy (non-hydrogen) atoms. The highest BCUT2D eigenvalue weighted by atomic mass is 16.5. The Morgan fingerprint density at radius 1 is 1.00 bits per heavy atom. The molecular weight excluding hydrogens is 256 g/mol. The van der Waals surface area contributed by atoms with E-state index in [-0.39, 0.29) is 11.8 Å². The third-order valence-corrected chi connectivity index (χ3v) is 2.82. The molecule has 0 fully saturated rings. The summed E-state index contributed by atoms with van der Waals surface area (Å²) in [7, 11) is 0. The van der Waals surface area contributed by atoms with Crippen molar-refractivity contribution in [2.75, 3.05) is 0 Å². The summed E-state index contributed by atoms with van der Waals surface area (Å²) in [6, 6.07) is 12.9. The number of ether oxygens (including phenoxy) is 1. The van der Waals surface area contributed by atoms with Crippen molar-refractivity contribution in [2.45, 2.75) is 6.92 Å². The molecule has 0 heterocycles. The number of rotatable bonds is 4. The van der Waals surface area contributed by atoms with Crippen LogP contribution in [-0.4, -0.2) is 18.0 Å². The van der Waals surface area contributed by atoms with E-state index in [4.69, 9.17) is 4.74 Å². The first-order chi connectivity index (χ1) is 9.61. The van der Waals surface area contributed by atoms with Crippen LogP contribution in [0.1, 0.15) is 26.3 Å². The molecule has 0 aliphatic carbocycles. The lowest BCUT2D eigenvalue weighted by molar-refractivity contribution is -0.104. The van der Waals surface area contributed by atoms with Crippen LogP contribution in [0.5, 0.6) is 5.75 Å². The Labute approximate surface area is 116 Å². The molecule has 0 N–H and O–H groups in total. The van der Waals surface area contributed by atoms with Gasteiger partial charge in [0.25, 0.3) is 0 Å². The summed E-state index contributed by atoms with van der Waals surface area (Å²) < 4.78 is 5.21. The Hall–Kier alpha value is -2.75. The van der Waals surface area contributed by atoms with Crippen molar-refractivity contribution in [3.63, 3.8) is 0 Å². The molecule has 4 nitrogen and oxygen atoms in total. The Morgan fingerprint density at radius 2 is 1.65 bits per heavy atom. The molecule has 0 saturated heterocycles. The van der Waals surface area contributed by atoms with Gasteiger partial charge in [-0.3, -0.25) is 9.59 Å². The fourth-order valence-electron chi connectivity index (χ4n) is 1.72. The minimum atomic E-state index is -0.609. The first-order valence-electron chi connectivity index (χ1n) is 5.99. The highest BCUT2D eigenvalue weighted by molar-refractivity contribution is 6.33. The van der Waals surface area contributed by atoms with Crippen LogP contribution in [0.3, 0.4) is 0 Å². The Kier molecular flexibility index (Phi) is 4.05. The molecule has 0 aliphatic rings. The van der Waals surface area contributed by atoms with Crippen molar-refractivity contribution >= 4 is 18.0 Å². The molecule has 0 saturated carbocycles. The molecule has 100 valence electrons. The molecule has 0 bridgehead atoms. The number of hydrogen-bond acceptors (Lipinski definition) is 4. The second-order valence-electron chi connectivity index (χ2n) is 4.21. The number of Topliss-reactive ketones (excluding diaryl/α,β-unsaturated/α-hetero) is 1. The maximum atomic E-state index is 12.0. The van der Waals surface area contributed by atoms with Crippen LogP contribution in [0.15, 0.2) is 48.5 Å². The number of ketones is 1. The fraction of sp³-hybridized carbons (Fsp3) is 0.0625. The third-order valence-electron chi connectivity index (χ3n) is 2.82. The smallest absolute Gasteiger partial charge is 0.343 e. The standard InChI is InChI=1S/C16H12O4/c1-11-4-2-3-5-14(11)16(19)20-13-8-6-12(7-9-13)15(18)10-17/h2-10H,1H3. The molecule has 2 aromatic carbocycles. The van der Waals surface area contributed by atoms with E-state index in [1.165, 1.54) is 24.3 Å². The van der Waals surface area contributed by atoms with E-state index in [1.54, 1.807) is 12.1 Å². The summed E-state index contributed by atoms with van der Waals surface area (Å²) in [5.74, 6) is -0.750. The molecule has 4 heteroatoms. The summed E-state index contributed by atoms with van der Waals surface area (Å²) in [4.78, 5) is 33.5. The van der Waals surface area contributed by atoms with E-state index < -0.39 is 11.8 Å². The number of esters is 1. The summed E-state index contributed by atoms with van der Waals surface area (Å²) >= 11 is 0. The molecule has 0 atom stereocenters. The number of carbonyl (C=O) groups is 3. The molecule has 0 amide bonds. The largest absolute Gasteiger partial charge is 0.423 e. The van der Waals surface area contributed by atoms with Crippen molar-refractivity contribution in [2.24, 2.45) is 0 Å². The second-order valence-corrected chi connectivity index (χ2v) is 4.21. The van der Waals surface area contributed by atoms with Gasteiger partial charge in [-0.05, 0) is 42.8 Å². The molecule has 0 radical (unpaired) electrons. The lowest BCUT2D eigenvalue weighted by Crippen LogP contribution is -2.10. The number of carbonyl (C=O) groups excluding carboxylic acids is 3. The van der Waals surface area contributed by atoms with E-state index in [9.17, 15) is 14.4 Å². The van der Waals surface area contributed by atoms with Crippen LogP contribution in [0.4, 0.5) is 0 Å². The van der Waals surface area contributed by atoms with E-state index in [1.807, 2.05) is 19.1 Å². The summed E-state index contributed by atoms with van der Waals surface area (Å²) in [6.07, 6.45) is 0.244. The zero-order chi connectivity index (χ0) is 14.5. The van der Waals surface area contributed by atoms with Gasteiger partial charge in [-0.1, -0.05) is 18.2 Å². The van der Waals surface area contributed by atoms with Gasteiger partial charge in [0, 0.05) is 5.56 Å². The molecule has 0 aliphatic heterocycles. The van der Waals surface area contributed by atoms with Gasteiger partial charge in [0.2, 0.25) is 5.78 Å². The minimum Gasteiger partial charge on any atom is -0.423 e. The Morgan fingerprint density at radius 3 is 2.25 bits per heavy atom. The molecule has 2 rings (SSSR count). The van der Waals surface area contributed by atoms with Crippen molar-refractivity contribution in [3.8, 4) is 5.75 Å². The van der Waals surface area contributed by atoms with Gasteiger partial charge in [0.15, 0.2) is 6.29 Å². The number of aldehydes is 1. The van der Waals surface area contributed by atoms with Gasteiger partial charge in [-0.25, -0.2) is 4.79 Å². The van der Waals surface area contributed by atoms with Crippen molar-refractivity contribution in [3.05, 3.63) is 65.2 Å². The molecule has 2 aromatic rings. The molecule has 0 unspecified atom stereocenters. The van der Waals surface area contributed by atoms with Crippen molar-refractivity contribution < 1.29 is 19.1 Å². The fourth-order valence-corrected chi connectivity index (χ4v) is 1.72. The summed E-state index contributed by atoms with van der Waals surface area (Å²) in [6.45, 7) is 1.82. The topological polar surface area (TPSA) is 60.4 Å². The predicted octanol–water partition coefficient (Wildman–Crippen LogP) is 2.60. The SMILES string of the molecule is Cc1ccccc1C(=O)Oc1ccc(C(=O)C=O)cc1. The zero-order valence-corrected chi connectivity index (χ0v) is 10.8. The average molecular weight is 268 g/mol. The molecular formula is C16H12O4. The quantitative estimate of drug-likeness (QED) is 0.281. The zero-order valence-electron chi connectivity index (χ0n) is 10.8. The van der Waals surface area contributed by atoms with Crippen LogP contribution in [0.2, 0.25) is 0 Å². The highest BCUT2D eigenvalue weighted by Crippen LogP contribution is 2.16.